The first-order valence-corrected chi connectivity index (χ1v) is 12.9. The number of fused-ring (bicyclic) bond motifs is 1. The summed E-state index contributed by atoms with van der Waals surface area (Å²) >= 11 is 0. The number of hydrogen-bond donors (Lipinski definition) is 0. The zero-order chi connectivity index (χ0) is 22.7. The van der Waals surface area contributed by atoms with Gasteiger partial charge in [-0.05, 0) is 24.3 Å². The quantitative estimate of drug-likeness (QED) is 0.548. The van der Waals surface area contributed by atoms with Crippen molar-refractivity contribution in [2.24, 2.45) is 0 Å². The Morgan fingerprint density at radius 2 is 1.73 bits per heavy atom. The van der Waals surface area contributed by atoms with Crippen molar-refractivity contribution in [3.63, 3.8) is 0 Å². The number of nitrogens with zero attached hydrogens (tertiary/aromatic N) is 5. The van der Waals surface area contributed by atoms with Crippen LogP contribution in [0.5, 0.6) is 0 Å². The van der Waals surface area contributed by atoms with Crippen LogP contribution in [-0.4, -0.2) is 73.4 Å². The van der Waals surface area contributed by atoms with E-state index in [-0.39, 0.29) is 5.75 Å². The Morgan fingerprint density at radius 1 is 0.939 bits per heavy atom. The van der Waals surface area contributed by atoms with Crippen molar-refractivity contribution in [1.82, 2.24) is 19.9 Å². The smallest absolute Gasteiger partial charge is 0.180 e. The summed E-state index contributed by atoms with van der Waals surface area (Å²) in [6.07, 6.45) is 2.50. The molecule has 2 aromatic heterocycles. The summed E-state index contributed by atoms with van der Waals surface area (Å²) in [7, 11) is -3.32. The average molecular weight is 466 g/mol. The summed E-state index contributed by atoms with van der Waals surface area (Å²) in [5.41, 5.74) is 2.86. The van der Waals surface area contributed by atoms with Crippen molar-refractivity contribution >= 4 is 15.7 Å². The van der Waals surface area contributed by atoms with Gasteiger partial charge in [0.25, 0.3) is 0 Å². The van der Waals surface area contributed by atoms with Gasteiger partial charge in [-0.3, -0.25) is 9.88 Å². The molecule has 1 saturated heterocycles. The largest absolute Gasteiger partial charge is 0.378 e. The molecular weight excluding hydrogens is 438 g/mol. The summed E-state index contributed by atoms with van der Waals surface area (Å²) in [6, 6.07) is 14.4. The number of pyridine rings is 1. The Balaban J connectivity index is 1.40. The predicted octanol–water partition coefficient (Wildman–Crippen LogP) is 2.21. The van der Waals surface area contributed by atoms with E-state index in [2.05, 4.69) is 14.8 Å². The molecular formula is C24H27N5O3S. The Bertz CT molecular complexity index is 1200. The number of anilines is 1. The molecule has 172 valence electrons. The van der Waals surface area contributed by atoms with Gasteiger partial charge in [-0.25, -0.2) is 18.4 Å². The van der Waals surface area contributed by atoms with Crippen molar-refractivity contribution in [2.75, 3.05) is 50.0 Å². The standard InChI is InChI=1S/C24H27N5O3S/c30-33(31,19-6-2-1-3-7-19)17-14-28-11-9-21-20(18-28)24(29-12-15-32-16-13-29)27-23(26-21)22-8-4-5-10-25-22/h1-8,10H,9,11-18H2. The van der Waals surface area contributed by atoms with Crippen LogP contribution in [0.2, 0.25) is 0 Å². The average Bonchev–Trinajstić information content (AvgIpc) is 2.88. The zero-order valence-corrected chi connectivity index (χ0v) is 19.2. The Hall–Kier alpha value is -2.88. The van der Waals surface area contributed by atoms with Crippen LogP contribution in [0.3, 0.4) is 0 Å². The predicted molar refractivity (Wildman–Crippen MR) is 126 cm³/mol. The van der Waals surface area contributed by atoms with Crippen molar-refractivity contribution in [3.8, 4) is 11.5 Å². The molecule has 0 bridgehead atoms. The van der Waals surface area contributed by atoms with E-state index in [4.69, 9.17) is 14.7 Å². The fourth-order valence-corrected chi connectivity index (χ4v) is 5.59. The molecule has 8 nitrogen and oxygen atoms in total. The highest BCUT2D eigenvalue weighted by molar-refractivity contribution is 7.91. The van der Waals surface area contributed by atoms with E-state index in [0.717, 1.165) is 48.8 Å². The van der Waals surface area contributed by atoms with Gasteiger partial charge < -0.3 is 9.64 Å². The van der Waals surface area contributed by atoms with Crippen LogP contribution >= 0.6 is 0 Å². The second-order valence-corrected chi connectivity index (χ2v) is 10.4. The second-order valence-electron chi connectivity index (χ2n) is 8.27. The van der Waals surface area contributed by atoms with E-state index < -0.39 is 9.84 Å². The van der Waals surface area contributed by atoms with Crippen LogP contribution in [0.4, 0.5) is 5.82 Å². The van der Waals surface area contributed by atoms with Crippen LogP contribution in [0.1, 0.15) is 11.3 Å². The van der Waals surface area contributed by atoms with E-state index in [9.17, 15) is 8.42 Å². The molecule has 0 aliphatic carbocycles. The first-order chi connectivity index (χ1) is 16.1. The van der Waals surface area contributed by atoms with E-state index in [0.29, 0.717) is 37.0 Å². The molecule has 5 rings (SSSR count). The number of hydrogen-bond acceptors (Lipinski definition) is 8. The lowest BCUT2D eigenvalue weighted by atomic mass is 10.0. The minimum absolute atomic E-state index is 0.0894. The lowest BCUT2D eigenvalue weighted by Gasteiger charge is -2.34. The molecule has 0 radical (unpaired) electrons. The van der Waals surface area contributed by atoms with Gasteiger partial charge in [-0.2, -0.15) is 0 Å². The van der Waals surface area contributed by atoms with Crippen molar-refractivity contribution in [1.29, 1.82) is 0 Å². The maximum atomic E-state index is 12.8. The monoisotopic (exact) mass is 465 g/mol. The van der Waals surface area contributed by atoms with E-state index >= 15 is 0 Å². The normalized spacial score (nSPS) is 17.0. The van der Waals surface area contributed by atoms with E-state index in [1.54, 1.807) is 30.5 Å². The Morgan fingerprint density at radius 3 is 2.48 bits per heavy atom. The Labute approximate surface area is 194 Å². The van der Waals surface area contributed by atoms with Crippen molar-refractivity contribution in [2.45, 2.75) is 17.9 Å². The third-order valence-corrected chi connectivity index (χ3v) is 7.81. The molecule has 9 heteroatoms. The number of ether oxygens (including phenoxy) is 1. The number of rotatable bonds is 6. The minimum Gasteiger partial charge on any atom is -0.378 e. The number of aromatic nitrogens is 3. The summed E-state index contributed by atoms with van der Waals surface area (Å²) in [6.45, 7) is 4.74. The highest BCUT2D eigenvalue weighted by Crippen LogP contribution is 2.29. The van der Waals surface area contributed by atoms with Crippen LogP contribution in [0, 0.1) is 0 Å². The summed E-state index contributed by atoms with van der Waals surface area (Å²) in [5.74, 6) is 1.64. The van der Waals surface area contributed by atoms with Crippen LogP contribution in [-0.2, 0) is 27.5 Å². The van der Waals surface area contributed by atoms with Gasteiger partial charge in [-0.15, -0.1) is 0 Å². The molecule has 0 amide bonds. The molecule has 33 heavy (non-hydrogen) atoms. The fourth-order valence-electron chi connectivity index (χ4n) is 4.28. The van der Waals surface area contributed by atoms with Gasteiger partial charge in [0, 0.05) is 50.9 Å². The van der Waals surface area contributed by atoms with Crippen LogP contribution in [0.25, 0.3) is 11.5 Å². The van der Waals surface area contributed by atoms with Gasteiger partial charge in [0.2, 0.25) is 0 Å². The molecule has 3 aromatic rings. The van der Waals surface area contributed by atoms with Gasteiger partial charge in [0.1, 0.15) is 11.5 Å². The molecule has 2 aliphatic rings. The summed E-state index contributed by atoms with van der Waals surface area (Å²) < 4.78 is 31.1. The molecule has 1 aromatic carbocycles. The molecule has 0 atom stereocenters. The van der Waals surface area contributed by atoms with E-state index in [1.807, 2.05) is 24.3 Å². The zero-order valence-electron chi connectivity index (χ0n) is 18.4. The third kappa shape index (κ3) is 4.90. The van der Waals surface area contributed by atoms with Crippen molar-refractivity contribution < 1.29 is 13.2 Å². The van der Waals surface area contributed by atoms with E-state index in [1.165, 1.54) is 0 Å². The SMILES string of the molecule is O=S(=O)(CCN1CCc2nc(-c3ccccn3)nc(N3CCOCC3)c2C1)c1ccccc1. The first-order valence-electron chi connectivity index (χ1n) is 11.2. The van der Waals surface area contributed by atoms with Crippen molar-refractivity contribution in [3.05, 3.63) is 66.0 Å². The molecule has 4 heterocycles. The lowest BCUT2D eigenvalue weighted by Crippen LogP contribution is -2.40. The molecule has 0 saturated carbocycles. The van der Waals surface area contributed by atoms with Crippen LogP contribution < -0.4 is 4.90 Å². The second kappa shape index (κ2) is 9.54. The maximum absolute atomic E-state index is 12.8. The molecule has 0 spiro atoms. The highest BCUT2D eigenvalue weighted by atomic mass is 32.2. The third-order valence-electron chi connectivity index (χ3n) is 6.10. The molecule has 2 aliphatic heterocycles. The number of morpholine rings is 1. The topological polar surface area (TPSA) is 88.5 Å². The molecule has 1 fully saturated rings. The van der Waals surface area contributed by atoms with Gasteiger partial charge >= 0.3 is 0 Å². The summed E-state index contributed by atoms with van der Waals surface area (Å²) in [5, 5.41) is 0. The van der Waals surface area contributed by atoms with Gasteiger partial charge in [-0.1, -0.05) is 24.3 Å². The molecule has 0 N–H and O–H groups in total. The highest BCUT2D eigenvalue weighted by Gasteiger charge is 2.27. The summed E-state index contributed by atoms with van der Waals surface area (Å²) in [4.78, 5) is 19.0. The fraction of sp³-hybridized carbons (Fsp3) is 0.375. The van der Waals surface area contributed by atoms with Crippen LogP contribution in [0.15, 0.2) is 59.6 Å². The lowest BCUT2D eigenvalue weighted by molar-refractivity contribution is 0.122. The van der Waals surface area contributed by atoms with Gasteiger partial charge in [0.15, 0.2) is 15.7 Å². The Kier molecular flexibility index (Phi) is 6.34. The number of benzene rings is 1. The minimum atomic E-state index is -3.32. The first kappa shape index (κ1) is 21.9. The molecule has 0 unspecified atom stereocenters. The number of sulfone groups is 1. The maximum Gasteiger partial charge on any atom is 0.180 e. The van der Waals surface area contributed by atoms with Gasteiger partial charge in [0.05, 0.1) is 29.6 Å².